The molecule has 3 aromatic carbocycles. The van der Waals surface area contributed by atoms with Gasteiger partial charge in [-0.3, -0.25) is 9.69 Å². The quantitative estimate of drug-likeness (QED) is 0.609. The Morgan fingerprint density at radius 3 is 2.47 bits per heavy atom. The van der Waals surface area contributed by atoms with Crippen LogP contribution in [0.1, 0.15) is 17.5 Å². The van der Waals surface area contributed by atoms with Crippen molar-refractivity contribution in [2.45, 2.75) is 11.8 Å². The lowest BCUT2D eigenvalue weighted by Crippen LogP contribution is -2.44. The number of fused-ring (bicyclic) bond motifs is 1. The summed E-state index contributed by atoms with van der Waals surface area (Å²) in [4.78, 5) is 15.9. The average molecular weight is 429 g/mol. The van der Waals surface area contributed by atoms with E-state index in [1.807, 2.05) is 60.7 Å². The molecule has 3 aromatic rings. The number of hydrogen-bond donors (Lipinski definition) is 1. The van der Waals surface area contributed by atoms with E-state index in [1.165, 1.54) is 0 Å². The maximum Gasteiger partial charge on any atom is 0.239 e. The molecule has 0 bridgehead atoms. The van der Waals surface area contributed by atoms with Crippen LogP contribution in [-0.4, -0.2) is 44.2 Å². The van der Waals surface area contributed by atoms with Crippen LogP contribution < -0.4 is 14.8 Å². The third-order valence-electron chi connectivity index (χ3n) is 6.81. The van der Waals surface area contributed by atoms with Crippen molar-refractivity contribution in [2.75, 3.05) is 38.7 Å². The number of anilines is 1. The molecule has 1 amide bonds. The summed E-state index contributed by atoms with van der Waals surface area (Å²) in [5.41, 5.74) is 2.45. The van der Waals surface area contributed by atoms with E-state index in [2.05, 4.69) is 28.4 Å². The van der Waals surface area contributed by atoms with Gasteiger partial charge in [0, 0.05) is 18.8 Å². The second kappa shape index (κ2) is 8.67. The van der Waals surface area contributed by atoms with Crippen LogP contribution in [0.3, 0.4) is 0 Å². The Hall–Kier alpha value is -3.31. The highest BCUT2D eigenvalue weighted by Gasteiger charge is 2.54. The van der Waals surface area contributed by atoms with Gasteiger partial charge in [-0.05, 0) is 60.3 Å². The van der Waals surface area contributed by atoms with Gasteiger partial charge in [-0.1, -0.05) is 48.5 Å². The highest BCUT2D eigenvalue weighted by molar-refractivity contribution is 6.09. The molecular weight excluding hydrogens is 400 g/mol. The number of nitrogens with one attached hydrogen (secondary N) is 1. The molecule has 2 aliphatic rings. The fourth-order valence-corrected chi connectivity index (χ4v) is 5.26. The van der Waals surface area contributed by atoms with Gasteiger partial charge in [-0.25, -0.2) is 0 Å². The molecule has 0 aromatic heterocycles. The minimum atomic E-state index is -0.649. The fourth-order valence-electron chi connectivity index (χ4n) is 5.26. The number of para-hydroxylation sites is 1. The van der Waals surface area contributed by atoms with Gasteiger partial charge in [0.25, 0.3) is 0 Å². The van der Waals surface area contributed by atoms with Crippen molar-refractivity contribution in [2.24, 2.45) is 5.92 Å². The highest BCUT2D eigenvalue weighted by Crippen LogP contribution is 2.50. The van der Waals surface area contributed by atoms with Gasteiger partial charge in [0.1, 0.15) is 23.5 Å². The van der Waals surface area contributed by atoms with Crippen LogP contribution in [0.25, 0.3) is 0 Å². The maximum atomic E-state index is 13.5. The Balaban J connectivity index is 1.33. The van der Waals surface area contributed by atoms with Crippen LogP contribution in [0.5, 0.6) is 11.5 Å². The topological polar surface area (TPSA) is 50.8 Å². The normalized spacial score (nSPS) is 22.4. The molecule has 5 heteroatoms. The lowest BCUT2D eigenvalue weighted by molar-refractivity contribution is -0.121. The van der Waals surface area contributed by atoms with Crippen molar-refractivity contribution in [3.05, 3.63) is 90.0 Å². The summed E-state index contributed by atoms with van der Waals surface area (Å²) in [6, 6.07) is 26.0. The van der Waals surface area contributed by atoms with Crippen LogP contribution >= 0.6 is 0 Å². The van der Waals surface area contributed by atoms with E-state index in [0.29, 0.717) is 6.61 Å². The van der Waals surface area contributed by atoms with Gasteiger partial charge in [-0.2, -0.15) is 0 Å². The van der Waals surface area contributed by atoms with Crippen LogP contribution in [0.15, 0.2) is 78.9 Å². The molecule has 1 saturated heterocycles. The third-order valence-corrected chi connectivity index (χ3v) is 6.81. The molecule has 1 fully saturated rings. The summed E-state index contributed by atoms with van der Waals surface area (Å²) < 4.78 is 11.1. The zero-order valence-corrected chi connectivity index (χ0v) is 18.3. The Kier molecular flexibility index (Phi) is 5.58. The first-order valence-electron chi connectivity index (χ1n) is 11.2. The van der Waals surface area contributed by atoms with E-state index in [1.54, 1.807) is 7.11 Å². The Morgan fingerprint density at radius 2 is 1.69 bits per heavy atom. The van der Waals surface area contributed by atoms with Crippen molar-refractivity contribution >= 4 is 11.6 Å². The molecule has 0 saturated carbocycles. The first-order chi connectivity index (χ1) is 15.7. The monoisotopic (exact) mass is 428 g/mol. The SMILES string of the molecule is COc1ccc(OCCN2CC[C@@H](C3(c4ccccc4)C(=O)Nc4ccccc43)C2)cc1. The van der Waals surface area contributed by atoms with Crippen LogP contribution in [-0.2, 0) is 10.2 Å². The smallest absolute Gasteiger partial charge is 0.239 e. The van der Waals surface area contributed by atoms with Crippen molar-refractivity contribution in [3.63, 3.8) is 0 Å². The molecule has 0 spiro atoms. The van der Waals surface area contributed by atoms with Crippen LogP contribution in [0.4, 0.5) is 5.69 Å². The molecule has 2 atom stereocenters. The van der Waals surface area contributed by atoms with Gasteiger partial charge in [0.05, 0.1) is 7.11 Å². The minimum Gasteiger partial charge on any atom is -0.497 e. The molecule has 5 rings (SSSR count). The van der Waals surface area contributed by atoms with E-state index in [4.69, 9.17) is 9.47 Å². The van der Waals surface area contributed by atoms with Gasteiger partial charge in [0.15, 0.2) is 0 Å². The van der Waals surface area contributed by atoms with Crippen molar-refractivity contribution in [1.82, 2.24) is 4.90 Å². The Morgan fingerprint density at radius 1 is 0.969 bits per heavy atom. The maximum absolute atomic E-state index is 13.5. The molecule has 32 heavy (non-hydrogen) atoms. The number of benzene rings is 3. The Bertz CT molecular complexity index is 1080. The molecular formula is C27H28N2O3. The number of carbonyl (C=O) groups excluding carboxylic acids is 1. The molecule has 1 unspecified atom stereocenters. The summed E-state index contributed by atoms with van der Waals surface area (Å²) in [5, 5.41) is 3.16. The fraction of sp³-hybridized carbons (Fsp3) is 0.296. The lowest BCUT2D eigenvalue weighted by Gasteiger charge is -2.34. The van der Waals surface area contributed by atoms with Gasteiger partial charge in [0.2, 0.25) is 5.91 Å². The van der Waals surface area contributed by atoms with Crippen molar-refractivity contribution < 1.29 is 14.3 Å². The number of hydrogen-bond acceptors (Lipinski definition) is 4. The second-order valence-corrected chi connectivity index (χ2v) is 8.48. The molecule has 2 heterocycles. The largest absolute Gasteiger partial charge is 0.497 e. The molecule has 164 valence electrons. The van der Waals surface area contributed by atoms with E-state index in [9.17, 15) is 4.79 Å². The number of nitrogens with zero attached hydrogens (tertiary/aromatic N) is 1. The van der Waals surface area contributed by atoms with Crippen molar-refractivity contribution in [3.8, 4) is 11.5 Å². The number of ether oxygens (including phenoxy) is 2. The summed E-state index contributed by atoms with van der Waals surface area (Å²) in [7, 11) is 1.66. The van der Waals surface area contributed by atoms with Gasteiger partial charge < -0.3 is 14.8 Å². The number of methoxy groups -OCH3 is 1. The first-order valence-corrected chi connectivity index (χ1v) is 11.2. The van der Waals surface area contributed by atoms with Crippen LogP contribution in [0, 0.1) is 5.92 Å². The van der Waals surface area contributed by atoms with Crippen molar-refractivity contribution in [1.29, 1.82) is 0 Å². The van der Waals surface area contributed by atoms with E-state index < -0.39 is 5.41 Å². The standard InChI is InChI=1S/C27H28N2O3/c1-31-22-11-13-23(14-12-22)32-18-17-29-16-15-21(19-29)27(20-7-3-2-4-8-20)24-9-5-6-10-25(24)28-26(27)30/h2-14,21H,15-19H2,1H3,(H,28,30)/t21-,27?/m1/s1. The summed E-state index contributed by atoms with van der Waals surface area (Å²) >= 11 is 0. The third kappa shape index (κ3) is 3.53. The number of amides is 1. The number of carbonyl (C=O) groups is 1. The lowest BCUT2D eigenvalue weighted by atomic mass is 9.66. The first kappa shape index (κ1) is 20.6. The summed E-state index contributed by atoms with van der Waals surface area (Å²) in [5.74, 6) is 1.95. The molecule has 0 radical (unpaired) electrons. The van der Waals surface area contributed by atoms with Crippen LogP contribution in [0.2, 0.25) is 0 Å². The Labute approximate surface area is 189 Å². The van der Waals surface area contributed by atoms with Gasteiger partial charge in [-0.15, -0.1) is 0 Å². The highest BCUT2D eigenvalue weighted by atomic mass is 16.5. The molecule has 0 aliphatic carbocycles. The number of rotatable bonds is 7. The van der Waals surface area contributed by atoms with Gasteiger partial charge >= 0.3 is 0 Å². The van der Waals surface area contributed by atoms with E-state index in [0.717, 1.165) is 54.4 Å². The molecule has 1 N–H and O–H groups in total. The number of likely N-dealkylation sites (tertiary alicyclic amines) is 1. The zero-order valence-electron chi connectivity index (χ0n) is 18.3. The van der Waals surface area contributed by atoms with E-state index >= 15 is 0 Å². The average Bonchev–Trinajstić information content (AvgIpc) is 3.42. The predicted octanol–water partition coefficient (Wildman–Crippen LogP) is 4.33. The molecule has 2 aliphatic heterocycles. The zero-order chi connectivity index (χ0) is 22.0. The molecule has 5 nitrogen and oxygen atoms in total. The minimum absolute atomic E-state index is 0.0891. The second-order valence-electron chi connectivity index (χ2n) is 8.48. The van der Waals surface area contributed by atoms with E-state index in [-0.39, 0.29) is 11.8 Å². The summed E-state index contributed by atoms with van der Waals surface area (Å²) in [6.07, 6.45) is 0.971. The predicted molar refractivity (Wildman–Crippen MR) is 125 cm³/mol. The summed E-state index contributed by atoms with van der Waals surface area (Å²) in [6.45, 7) is 3.26.